The lowest BCUT2D eigenvalue weighted by Gasteiger charge is -2.01. The lowest BCUT2D eigenvalue weighted by Crippen LogP contribution is -1.77. The predicted molar refractivity (Wildman–Crippen MR) is 56.2 cm³/mol. The second-order valence-electron chi connectivity index (χ2n) is 2.26. The molecule has 1 aromatic carbocycles. The van der Waals surface area contributed by atoms with Gasteiger partial charge in [-0.1, -0.05) is 53.0 Å². The van der Waals surface area contributed by atoms with Crippen LogP contribution in [-0.4, -0.2) is 0 Å². The zero-order chi connectivity index (χ0) is 9.14. The van der Waals surface area contributed by atoms with E-state index in [4.69, 9.17) is 34.8 Å². The molecule has 1 aromatic rings. The van der Waals surface area contributed by atoms with Gasteiger partial charge in [-0.15, -0.1) is 0 Å². The zero-order valence-electron chi connectivity index (χ0n) is 6.44. The fourth-order valence-electron chi connectivity index (χ4n) is 0.849. The van der Waals surface area contributed by atoms with E-state index in [1.165, 1.54) is 0 Å². The summed E-state index contributed by atoms with van der Waals surface area (Å²) in [4.78, 5) is 0. The quantitative estimate of drug-likeness (QED) is 0.604. The van der Waals surface area contributed by atoms with Gasteiger partial charge < -0.3 is 0 Å². The van der Waals surface area contributed by atoms with Gasteiger partial charge in [-0.05, 0) is 18.6 Å². The molecule has 0 aliphatic carbocycles. The average Bonchev–Trinajstić information content (AvgIpc) is 2.07. The van der Waals surface area contributed by atoms with Gasteiger partial charge in [0.2, 0.25) is 0 Å². The van der Waals surface area contributed by atoms with Crippen molar-refractivity contribution in [3.63, 3.8) is 0 Å². The summed E-state index contributed by atoms with van der Waals surface area (Å²) in [5.74, 6) is 0. The highest BCUT2D eigenvalue weighted by Gasteiger charge is 2.05. The van der Waals surface area contributed by atoms with Gasteiger partial charge in [0.15, 0.2) is 0 Å². The van der Waals surface area contributed by atoms with Crippen molar-refractivity contribution >= 4 is 40.9 Å². The Kier molecular flexibility index (Phi) is 3.45. The number of hydrogen-bond donors (Lipinski definition) is 0. The van der Waals surface area contributed by atoms with Crippen LogP contribution in [0.4, 0.5) is 0 Å². The van der Waals surface area contributed by atoms with Gasteiger partial charge >= 0.3 is 0 Å². The molecule has 0 N–H and O–H groups in total. The van der Waals surface area contributed by atoms with Crippen molar-refractivity contribution in [2.24, 2.45) is 0 Å². The molecule has 0 saturated heterocycles. The minimum atomic E-state index is 0.411. The van der Waals surface area contributed by atoms with E-state index >= 15 is 0 Å². The summed E-state index contributed by atoms with van der Waals surface area (Å²) in [6, 6.07) is 3.56. The number of rotatable bonds is 1. The fourth-order valence-corrected chi connectivity index (χ4v) is 1.45. The van der Waals surface area contributed by atoms with Gasteiger partial charge in [-0.25, -0.2) is 0 Å². The summed E-state index contributed by atoms with van der Waals surface area (Å²) in [5.41, 5.74) is 0.883. The summed E-state index contributed by atoms with van der Waals surface area (Å²) in [7, 11) is 0. The highest BCUT2D eigenvalue weighted by Crippen LogP contribution is 2.33. The van der Waals surface area contributed by atoms with Gasteiger partial charge in [0.05, 0.1) is 15.1 Å². The molecular formula is C9H7Cl3. The van der Waals surface area contributed by atoms with Crippen molar-refractivity contribution in [2.75, 3.05) is 0 Å². The van der Waals surface area contributed by atoms with Crippen molar-refractivity contribution in [3.05, 3.63) is 38.8 Å². The van der Waals surface area contributed by atoms with Gasteiger partial charge in [-0.2, -0.15) is 0 Å². The van der Waals surface area contributed by atoms with Gasteiger partial charge in [0.1, 0.15) is 0 Å². The summed E-state index contributed by atoms with van der Waals surface area (Å²) >= 11 is 17.5. The lowest BCUT2D eigenvalue weighted by molar-refractivity contribution is 1.64. The van der Waals surface area contributed by atoms with E-state index in [9.17, 15) is 0 Å². The summed E-state index contributed by atoms with van der Waals surface area (Å²) < 4.78 is 0. The molecule has 1 rings (SSSR count). The highest BCUT2D eigenvalue weighted by molar-refractivity contribution is 6.48. The molecule has 0 aliphatic rings. The molecule has 0 fully saturated rings. The van der Waals surface area contributed by atoms with Gasteiger partial charge in [0.25, 0.3) is 0 Å². The Morgan fingerprint density at radius 3 is 2.33 bits per heavy atom. The Labute approximate surface area is 86.7 Å². The van der Waals surface area contributed by atoms with Crippen LogP contribution in [0.3, 0.4) is 0 Å². The molecule has 0 radical (unpaired) electrons. The first-order valence-electron chi connectivity index (χ1n) is 3.43. The number of hydrogen-bond acceptors (Lipinski definition) is 0. The Morgan fingerprint density at radius 1 is 1.08 bits per heavy atom. The monoisotopic (exact) mass is 220 g/mol. The molecule has 0 aliphatic heterocycles. The maximum Gasteiger partial charge on any atom is 0.0784 e. The van der Waals surface area contributed by atoms with Crippen LogP contribution in [-0.2, 0) is 0 Å². The smallest absolute Gasteiger partial charge is 0.0784 e. The largest absolute Gasteiger partial charge is 0.0870 e. The molecule has 0 heterocycles. The lowest BCUT2D eigenvalue weighted by atomic mass is 10.2. The first kappa shape index (κ1) is 9.91. The topological polar surface area (TPSA) is 0 Å². The summed E-state index contributed by atoms with van der Waals surface area (Å²) in [6.45, 7) is 1.92. The molecule has 64 valence electrons. The second-order valence-corrected chi connectivity index (χ2v) is 3.43. The first-order chi connectivity index (χ1) is 5.66. The van der Waals surface area contributed by atoms with Crippen LogP contribution < -0.4 is 0 Å². The Hall–Kier alpha value is -0.170. The molecule has 12 heavy (non-hydrogen) atoms. The van der Waals surface area contributed by atoms with E-state index < -0.39 is 0 Å². The minimum absolute atomic E-state index is 0.411. The second kappa shape index (κ2) is 4.18. The van der Waals surface area contributed by atoms with E-state index in [1.54, 1.807) is 6.07 Å². The molecular weight excluding hydrogens is 214 g/mol. The van der Waals surface area contributed by atoms with Crippen molar-refractivity contribution < 1.29 is 0 Å². The maximum absolute atomic E-state index is 5.91. The molecule has 0 spiro atoms. The van der Waals surface area contributed by atoms with Crippen molar-refractivity contribution in [1.82, 2.24) is 0 Å². The molecule has 0 aromatic heterocycles. The number of benzene rings is 1. The van der Waals surface area contributed by atoms with Gasteiger partial charge in [0, 0.05) is 0 Å². The summed E-state index contributed by atoms with van der Waals surface area (Å²) in [6.07, 6.45) is 3.77. The van der Waals surface area contributed by atoms with Crippen LogP contribution in [0, 0.1) is 0 Å². The van der Waals surface area contributed by atoms with Crippen LogP contribution in [0.1, 0.15) is 12.5 Å². The maximum atomic E-state index is 5.91. The SMILES string of the molecule is CC=Cc1ccc(Cl)c(Cl)c1Cl. The van der Waals surface area contributed by atoms with E-state index in [2.05, 4.69) is 0 Å². The first-order valence-corrected chi connectivity index (χ1v) is 4.56. The standard InChI is InChI=1S/C9H7Cl3/c1-2-3-6-4-5-7(10)9(12)8(6)11/h2-5H,1H3. The minimum Gasteiger partial charge on any atom is -0.0870 e. The Balaban J connectivity index is 3.26. The number of allylic oxidation sites excluding steroid dienone is 1. The van der Waals surface area contributed by atoms with E-state index in [-0.39, 0.29) is 0 Å². The van der Waals surface area contributed by atoms with Crippen LogP contribution in [0.15, 0.2) is 18.2 Å². The summed E-state index contributed by atoms with van der Waals surface area (Å²) in [5, 5.41) is 1.39. The average molecular weight is 222 g/mol. The molecule has 0 atom stereocenters. The van der Waals surface area contributed by atoms with Crippen molar-refractivity contribution in [1.29, 1.82) is 0 Å². The van der Waals surface area contributed by atoms with E-state index in [0.29, 0.717) is 15.1 Å². The third-order valence-corrected chi connectivity index (χ3v) is 2.72. The molecule has 0 saturated carbocycles. The Morgan fingerprint density at radius 2 is 1.75 bits per heavy atom. The van der Waals surface area contributed by atoms with E-state index in [0.717, 1.165) is 5.56 Å². The third kappa shape index (κ3) is 1.95. The Bertz CT molecular complexity index is 316. The molecule has 0 unspecified atom stereocenters. The number of halogens is 3. The normalized spacial score (nSPS) is 11.0. The molecule has 3 heteroatoms. The molecule has 0 nitrogen and oxygen atoms in total. The molecule has 0 amide bonds. The van der Waals surface area contributed by atoms with Crippen LogP contribution in [0.25, 0.3) is 6.08 Å². The van der Waals surface area contributed by atoms with Gasteiger partial charge in [-0.3, -0.25) is 0 Å². The highest BCUT2D eigenvalue weighted by atomic mass is 35.5. The van der Waals surface area contributed by atoms with Crippen molar-refractivity contribution in [2.45, 2.75) is 6.92 Å². The fraction of sp³-hybridized carbons (Fsp3) is 0.111. The zero-order valence-corrected chi connectivity index (χ0v) is 8.71. The van der Waals surface area contributed by atoms with E-state index in [1.807, 2.05) is 25.1 Å². The van der Waals surface area contributed by atoms with Crippen LogP contribution in [0.5, 0.6) is 0 Å². The van der Waals surface area contributed by atoms with Crippen LogP contribution >= 0.6 is 34.8 Å². The van der Waals surface area contributed by atoms with Crippen molar-refractivity contribution in [3.8, 4) is 0 Å². The van der Waals surface area contributed by atoms with Crippen LogP contribution in [0.2, 0.25) is 15.1 Å². The molecule has 0 bridgehead atoms. The predicted octanol–water partition coefficient (Wildman–Crippen LogP) is 4.68. The third-order valence-electron chi connectivity index (χ3n) is 1.41.